The number of rotatable bonds is 3. The molecule has 0 heterocycles. The molecule has 0 spiro atoms. The molecule has 2 nitrogen and oxygen atoms in total. The van der Waals surface area contributed by atoms with Gasteiger partial charge in [-0.15, -0.1) is 0 Å². The Hall–Kier alpha value is -1.11. The van der Waals surface area contributed by atoms with Gasteiger partial charge in [0.2, 0.25) is 0 Å². The Morgan fingerprint density at radius 2 is 2.06 bits per heavy atom. The summed E-state index contributed by atoms with van der Waals surface area (Å²) < 4.78 is 13.9. The van der Waals surface area contributed by atoms with Gasteiger partial charge in [0.15, 0.2) is 0 Å². The van der Waals surface area contributed by atoms with E-state index in [1.54, 1.807) is 12.1 Å². The molecule has 0 saturated heterocycles. The number of halogens is 2. The van der Waals surface area contributed by atoms with E-state index in [2.05, 4.69) is 11.4 Å². The fraction of sp³-hybridized carbons (Fsp3) is 0.500. The van der Waals surface area contributed by atoms with Crippen LogP contribution in [0.3, 0.4) is 0 Å². The van der Waals surface area contributed by atoms with Gasteiger partial charge in [0.25, 0.3) is 0 Å². The van der Waals surface area contributed by atoms with Gasteiger partial charge in [-0.1, -0.05) is 43.0 Å². The summed E-state index contributed by atoms with van der Waals surface area (Å²) in [5, 5.41) is 12.5. The molecule has 1 aliphatic carbocycles. The monoisotopic (exact) mass is 266 g/mol. The van der Waals surface area contributed by atoms with Gasteiger partial charge in [-0.05, 0) is 18.9 Å². The minimum Gasteiger partial charge on any atom is -0.295 e. The van der Waals surface area contributed by atoms with Crippen molar-refractivity contribution < 1.29 is 4.39 Å². The Balaban J connectivity index is 2.13. The predicted octanol–water partition coefficient (Wildman–Crippen LogP) is 3.97. The van der Waals surface area contributed by atoms with Gasteiger partial charge in [0, 0.05) is 11.6 Å². The van der Waals surface area contributed by atoms with Crippen LogP contribution in [0.5, 0.6) is 0 Å². The first-order chi connectivity index (χ1) is 8.72. The Morgan fingerprint density at radius 1 is 1.33 bits per heavy atom. The van der Waals surface area contributed by atoms with Crippen molar-refractivity contribution in [3.8, 4) is 6.07 Å². The minimum atomic E-state index is -0.619. The van der Waals surface area contributed by atoms with Crippen molar-refractivity contribution >= 4 is 11.6 Å². The van der Waals surface area contributed by atoms with Crippen molar-refractivity contribution in [2.75, 3.05) is 0 Å². The van der Waals surface area contributed by atoms with Crippen molar-refractivity contribution in [2.45, 2.75) is 44.2 Å². The van der Waals surface area contributed by atoms with Crippen molar-refractivity contribution in [3.63, 3.8) is 0 Å². The molecule has 1 aromatic rings. The van der Waals surface area contributed by atoms with E-state index in [4.69, 9.17) is 11.6 Å². The van der Waals surface area contributed by atoms with E-state index in [0.717, 1.165) is 12.8 Å². The Labute approximate surface area is 112 Å². The van der Waals surface area contributed by atoms with Gasteiger partial charge in [-0.2, -0.15) is 5.26 Å². The zero-order valence-corrected chi connectivity index (χ0v) is 10.9. The maximum Gasteiger partial charge on any atom is 0.147 e. The van der Waals surface area contributed by atoms with E-state index in [9.17, 15) is 9.65 Å². The van der Waals surface area contributed by atoms with Crippen molar-refractivity contribution in [3.05, 3.63) is 34.6 Å². The smallest absolute Gasteiger partial charge is 0.147 e. The van der Waals surface area contributed by atoms with Crippen LogP contribution >= 0.6 is 11.6 Å². The summed E-state index contributed by atoms with van der Waals surface area (Å²) in [7, 11) is 0. The minimum absolute atomic E-state index is 0.0678. The maximum atomic E-state index is 13.9. The molecule has 0 radical (unpaired) electrons. The topological polar surface area (TPSA) is 35.8 Å². The molecular weight excluding hydrogens is 251 g/mol. The summed E-state index contributed by atoms with van der Waals surface area (Å²) in [6, 6.07) is 6.60. The summed E-state index contributed by atoms with van der Waals surface area (Å²) in [6.45, 7) is 0. The van der Waals surface area contributed by atoms with E-state index >= 15 is 0 Å². The van der Waals surface area contributed by atoms with Gasteiger partial charge in [-0.3, -0.25) is 5.32 Å². The van der Waals surface area contributed by atoms with E-state index in [-0.39, 0.29) is 5.02 Å². The largest absolute Gasteiger partial charge is 0.295 e. The molecule has 96 valence electrons. The summed E-state index contributed by atoms with van der Waals surface area (Å²) in [5.41, 5.74) is 0.343. The van der Waals surface area contributed by atoms with E-state index < -0.39 is 11.9 Å². The highest BCUT2D eigenvalue weighted by Gasteiger charge is 2.21. The van der Waals surface area contributed by atoms with Crippen LogP contribution in [0.2, 0.25) is 5.02 Å². The van der Waals surface area contributed by atoms with Crippen LogP contribution in [0, 0.1) is 17.1 Å². The Bertz CT molecular complexity index is 450. The van der Waals surface area contributed by atoms with Crippen molar-refractivity contribution in [1.82, 2.24) is 5.32 Å². The number of nitriles is 1. The number of hydrogen-bond donors (Lipinski definition) is 1. The molecule has 0 amide bonds. The molecule has 18 heavy (non-hydrogen) atoms. The zero-order chi connectivity index (χ0) is 13.0. The van der Waals surface area contributed by atoms with Crippen LogP contribution in [0.1, 0.15) is 43.7 Å². The van der Waals surface area contributed by atoms with E-state index in [1.165, 1.54) is 25.3 Å². The second-order valence-electron chi connectivity index (χ2n) is 4.71. The third-order valence-corrected chi connectivity index (χ3v) is 3.72. The fourth-order valence-electron chi connectivity index (χ4n) is 2.44. The Morgan fingerprint density at radius 3 is 2.72 bits per heavy atom. The first kappa shape index (κ1) is 13.3. The molecule has 2 rings (SSSR count). The third-order valence-electron chi connectivity index (χ3n) is 3.43. The van der Waals surface area contributed by atoms with Gasteiger partial charge < -0.3 is 0 Å². The number of hydrogen-bond acceptors (Lipinski definition) is 2. The molecule has 1 aromatic carbocycles. The molecule has 0 aliphatic heterocycles. The van der Waals surface area contributed by atoms with Crippen LogP contribution in [-0.4, -0.2) is 6.04 Å². The highest BCUT2D eigenvalue weighted by Crippen LogP contribution is 2.25. The second kappa shape index (κ2) is 6.17. The summed E-state index contributed by atoms with van der Waals surface area (Å²) in [6.07, 6.45) is 5.71. The van der Waals surface area contributed by atoms with Crippen LogP contribution < -0.4 is 5.32 Å². The zero-order valence-electron chi connectivity index (χ0n) is 10.1. The van der Waals surface area contributed by atoms with Gasteiger partial charge in [-0.25, -0.2) is 4.39 Å². The highest BCUT2D eigenvalue weighted by molar-refractivity contribution is 6.30. The normalized spacial score (nSPS) is 18.3. The van der Waals surface area contributed by atoms with Crippen LogP contribution in [0.15, 0.2) is 18.2 Å². The average molecular weight is 267 g/mol. The van der Waals surface area contributed by atoms with E-state index in [1.807, 2.05) is 0 Å². The van der Waals surface area contributed by atoms with Gasteiger partial charge in [0.1, 0.15) is 11.9 Å². The molecule has 0 bridgehead atoms. The molecule has 1 N–H and O–H groups in total. The summed E-state index contributed by atoms with van der Waals surface area (Å²) in [5.74, 6) is -0.492. The number of nitrogens with one attached hydrogen (secondary N) is 1. The molecule has 0 aromatic heterocycles. The van der Waals surface area contributed by atoms with Gasteiger partial charge in [0.05, 0.1) is 11.1 Å². The molecule has 4 heteroatoms. The quantitative estimate of drug-likeness (QED) is 0.899. The lowest BCUT2D eigenvalue weighted by atomic mass is 9.94. The predicted molar refractivity (Wildman–Crippen MR) is 69.8 cm³/mol. The fourth-order valence-corrected chi connectivity index (χ4v) is 2.63. The second-order valence-corrected chi connectivity index (χ2v) is 5.11. The Kier molecular flexibility index (Phi) is 4.57. The molecular formula is C14H16ClFN2. The maximum absolute atomic E-state index is 13.9. The lowest BCUT2D eigenvalue weighted by Gasteiger charge is -2.25. The molecule has 1 atom stereocenters. The molecule has 1 saturated carbocycles. The summed E-state index contributed by atoms with van der Waals surface area (Å²) >= 11 is 5.75. The first-order valence-corrected chi connectivity index (χ1v) is 6.69. The van der Waals surface area contributed by atoms with Crippen LogP contribution in [-0.2, 0) is 0 Å². The number of nitrogens with zero attached hydrogens (tertiary/aromatic N) is 1. The molecule has 1 unspecified atom stereocenters. The lowest BCUT2D eigenvalue weighted by molar-refractivity contribution is 0.357. The van der Waals surface area contributed by atoms with Crippen molar-refractivity contribution in [2.24, 2.45) is 0 Å². The summed E-state index contributed by atoms with van der Waals surface area (Å²) in [4.78, 5) is 0. The molecule has 1 aliphatic rings. The third kappa shape index (κ3) is 3.01. The lowest BCUT2D eigenvalue weighted by Crippen LogP contribution is -2.34. The first-order valence-electron chi connectivity index (χ1n) is 6.32. The SMILES string of the molecule is N#CC(NC1CCCCC1)c1cccc(Cl)c1F. The van der Waals surface area contributed by atoms with Crippen LogP contribution in [0.25, 0.3) is 0 Å². The van der Waals surface area contributed by atoms with Crippen molar-refractivity contribution in [1.29, 1.82) is 5.26 Å². The highest BCUT2D eigenvalue weighted by atomic mass is 35.5. The average Bonchev–Trinajstić information content (AvgIpc) is 2.41. The van der Waals surface area contributed by atoms with Crippen LogP contribution in [0.4, 0.5) is 4.39 Å². The van der Waals surface area contributed by atoms with Gasteiger partial charge >= 0.3 is 0 Å². The number of benzene rings is 1. The van der Waals surface area contributed by atoms with E-state index in [0.29, 0.717) is 11.6 Å². The standard InChI is InChI=1S/C14H16ClFN2/c15-12-8-4-7-11(14(12)16)13(9-17)18-10-5-2-1-3-6-10/h4,7-8,10,13,18H,1-3,5-6H2. The molecule has 1 fully saturated rings.